The summed E-state index contributed by atoms with van der Waals surface area (Å²) in [5.41, 5.74) is 0. The van der Waals surface area contributed by atoms with Crippen LogP contribution in [0.15, 0.2) is 0 Å². The molecule has 0 aromatic heterocycles. The van der Waals surface area contributed by atoms with Gasteiger partial charge in [0.15, 0.2) is 5.78 Å². The number of carbonyl (C=O) groups excluding carboxylic acids is 3. The second kappa shape index (κ2) is 14.2. The molecular weight excluding hydrogens is 272 g/mol. The van der Waals surface area contributed by atoms with E-state index in [0.717, 1.165) is 0 Å². The predicted molar refractivity (Wildman–Crippen MR) is 69.9 cm³/mol. The zero-order valence-electron chi connectivity index (χ0n) is 12.1. The normalized spacial score (nSPS) is 13.7. The molecule has 0 heterocycles. The minimum absolute atomic E-state index is 0.167. The summed E-state index contributed by atoms with van der Waals surface area (Å²) in [6, 6.07) is 0. The Morgan fingerprint density at radius 3 is 1.35 bits per heavy atom. The molecule has 8 heteroatoms. The van der Waals surface area contributed by atoms with Crippen molar-refractivity contribution in [2.45, 2.75) is 46.0 Å². The van der Waals surface area contributed by atoms with Crippen molar-refractivity contribution in [2.75, 3.05) is 13.2 Å². The van der Waals surface area contributed by atoms with Gasteiger partial charge in [-0.3, -0.25) is 4.79 Å². The van der Waals surface area contributed by atoms with E-state index < -0.39 is 37.3 Å². The highest BCUT2D eigenvalue weighted by Gasteiger charge is 2.28. The largest absolute Gasteiger partial charge is 0.394 e. The molecule has 0 rings (SSSR count). The Hall–Kier alpha value is -1.19. The highest BCUT2D eigenvalue weighted by molar-refractivity contribution is 5.84. The molecule has 0 saturated heterocycles. The Morgan fingerprint density at radius 2 is 1.15 bits per heavy atom. The summed E-state index contributed by atoms with van der Waals surface area (Å²) in [6.07, 6.45) is -5.22. The van der Waals surface area contributed by atoms with Crippen LogP contribution in [0.4, 0.5) is 0 Å². The van der Waals surface area contributed by atoms with E-state index in [4.69, 9.17) is 25.5 Å². The first-order valence-corrected chi connectivity index (χ1v) is 5.74. The molecule has 0 aliphatic rings. The maximum Gasteiger partial charge on any atom is 0.189 e. The molecule has 8 nitrogen and oxygen atoms in total. The van der Waals surface area contributed by atoms with Gasteiger partial charge in [-0.15, -0.1) is 0 Å². The first-order chi connectivity index (χ1) is 9.00. The maximum atomic E-state index is 10.5. The summed E-state index contributed by atoms with van der Waals surface area (Å²) >= 11 is 0. The molecule has 3 unspecified atom stereocenters. The van der Waals surface area contributed by atoms with Gasteiger partial charge in [-0.1, -0.05) is 0 Å². The Kier molecular flexibility index (Phi) is 17.0. The lowest BCUT2D eigenvalue weighted by molar-refractivity contribution is -0.142. The molecule has 0 saturated carbocycles. The van der Waals surface area contributed by atoms with Crippen LogP contribution >= 0.6 is 0 Å². The predicted octanol–water partition coefficient (Wildman–Crippen LogP) is -2.19. The minimum atomic E-state index is -1.86. The Morgan fingerprint density at radius 1 is 0.850 bits per heavy atom. The van der Waals surface area contributed by atoms with Gasteiger partial charge in [0.05, 0.1) is 6.61 Å². The standard InChI is InChI=1S/C6H12O6.2C3H6O/c7-1-3(9)5(11)6(12)4(10)2-8;2*1-3(2)4/h3,5-9,11-12H,1-2H2;2*1-2H3. The zero-order valence-corrected chi connectivity index (χ0v) is 12.1. The monoisotopic (exact) mass is 296 g/mol. The molecule has 20 heavy (non-hydrogen) atoms. The third-order valence-corrected chi connectivity index (χ3v) is 1.39. The molecule has 3 atom stereocenters. The van der Waals surface area contributed by atoms with Crippen LogP contribution in [0.3, 0.4) is 0 Å². The molecule has 120 valence electrons. The lowest BCUT2D eigenvalue weighted by Crippen LogP contribution is -2.44. The van der Waals surface area contributed by atoms with Crippen molar-refractivity contribution in [1.82, 2.24) is 0 Å². The average Bonchev–Trinajstić information content (AvgIpc) is 2.33. The number of Topliss-reactive ketones (excluding diaryl/α,β-unsaturated/α-hetero) is 3. The van der Waals surface area contributed by atoms with Gasteiger partial charge in [0.2, 0.25) is 0 Å². The van der Waals surface area contributed by atoms with Gasteiger partial charge < -0.3 is 35.1 Å². The maximum absolute atomic E-state index is 10.5. The summed E-state index contributed by atoms with van der Waals surface area (Å²) in [5, 5.41) is 43.1. The first kappa shape index (κ1) is 23.9. The van der Waals surface area contributed by atoms with Crippen molar-refractivity contribution < 1.29 is 39.9 Å². The summed E-state index contributed by atoms with van der Waals surface area (Å²) in [4.78, 5) is 29.4. The molecule has 0 aliphatic carbocycles. The summed E-state index contributed by atoms with van der Waals surface area (Å²) in [7, 11) is 0. The van der Waals surface area contributed by atoms with Crippen LogP contribution in [-0.4, -0.2) is 74.4 Å². The number of hydrogen-bond acceptors (Lipinski definition) is 8. The summed E-state index contributed by atoms with van der Waals surface area (Å²) < 4.78 is 0. The summed E-state index contributed by atoms with van der Waals surface area (Å²) in [5.74, 6) is -0.671. The lowest BCUT2D eigenvalue weighted by atomic mass is 10.1. The summed E-state index contributed by atoms with van der Waals surface area (Å²) in [6.45, 7) is 4.42. The Balaban J connectivity index is -0.000000297. The highest BCUT2D eigenvalue weighted by Crippen LogP contribution is 2.00. The first-order valence-electron chi connectivity index (χ1n) is 5.74. The van der Waals surface area contributed by atoms with Crippen LogP contribution in [0.25, 0.3) is 0 Å². The molecule has 0 fully saturated rings. The zero-order chi connectivity index (χ0) is 16.9. The molecule has 0 spiro atoms. The van der Waals surface area contributed by atoms with Gasteiger partial charge in [-0.25, -0.2) is 0 Å². The third kappa shape index (κ3) is 19.2. The van der Waals surface area contributed by atoms with Gasteiger partial charge in [0.25, 0.3) is 0 Å². The second-order valence-electron chi connectivity index (χ2n) is 4.13. The van der Waals surface area contributed by atoms with Gasteiger partial charge in [0, 0.05) is 0 Å². The van der Waals surface area contributed by atoms with Crippen LogP contribution in [0, 0.1) is 0 Å². The molecular formula is C12H24O8. The van der Waals surface area contributed by atoms with E-state index in [9.17, 15) is 14.4 Å². The van der Waals surface area contributed by atoms with Gasteiger partial charge in [-0.2, -0.15) is 0 Å². The topological polar surface area (TPSA) is 152 Å². The number of aliphatic hydroxyl groups excluding tert-OH is 5. The Labute approximate surface area is 117 Å². The van der Waals surface area contributed by atoms with Crippen molar-refractivity contribution in [1.29, 1.82) is 0 Å². The number of aliphatic hydroxyl groups is 5. The van der Waals surface area contributed by atoms with Crippen molar-refractivity contribution in [3.05, 3.63) is 0 Å². The minimum Gasteiger partial charge on any atom is -0.394 e. The number of hydrogen-bond donors (Lipinski definition) is 5. The molecule has 0 aromatic carbocycles. The fourth-order valence-electron chi connectivity index (χ4n) is 0.602. The van der Waals surface area contributed by atoms with Crippen LogP contribution in [-0.2, 0) is 14.4 Å². The molecule has 0 amide bonds. The van der Waals surface area contributed by atoms with Crippen LogP contribution in [0.5, 0.6) is 0 Å². The van der Waals surface area contributed by atoms with Crippen molar-refractivity contribution in [3.63, 3.8) is 0 Å². The van der Waals surface area contributed by atoms with E-state index in [1.165, 1.54) is 27.7 Å². The molecule has 0 bridgehead atoms. The number of ketones is 3. The van der Waals surface area contributed by atoms with E-state index in [1.807, 2.05) is 0 Å². The SMILES string of the molecule is CC(C)=O.CC(C)=O.O=C(CO)C(O)C(O)C(O)CO. The molecule has 0 radical (unpaired) electrons. The van der Waals surface area contributed by atoms with E-state index in [0.29, 0.717) is 0 Å². The van der Waals surface area contributed by atoms with Crippen LogP contribution in [0.1, 0.15) is 27.7 Å². The second-order valence-corrected chi connectivity index (χ2v) is 4.13. The number of rotatable bonds is 5. The number of carbonyl (C=O) groups is 3. The average molecular weight is 296 g/mol. The molecule has 5 N–H and O–H groups in total. The van der Waals surface area contributed by atoms with E-state index in [2.05, 4.69) is 0 Å². The van der Waals surface area contributed by atoms with Crippen molar-refractivity contribution in [2.24, 2.45) is 0 Å². The van der Waals surface area contributed by atoms with Gasteiger partial charge in [-0.05, 0) is 27.7 Å². The molecule has 0 aliphatic heterocycles. The van der Waals surface area contributed by atoms with Crippen LogP contribution < -0.4 is 0 Å². The lowest BCUT2D eigenvalue weighted by Gasteiger charge is -2.19. The smallest absolute Gasteiger partial charge is 0.189 e. The molecule has 0 aromatic rings. The van der Waals surface area contributed by atoms with E-state index >= 15 is 0 Å². The Bertz CT molecular complexity index is 269. The fourth-order valence-corrected chi connectivity index (χ4v) is 0.602. The highest BCUT2D eigenvalue weighted by atomic mass is 16.4. The van der Waals surface area contributed by atoms with Gasteiger partial charge in [0.1, 0.15) is 36.5 Å². The van der Waals surface area contributed by atoms with Gasteiger partial charge >= 0.3 is 0 Å². The fraction of sp³-hybridized carbons (Fsp3) is 0.750. The van der Waals surface area contributed by atoms with E-state index in [-0.39, 0.29) is 11.6 Å². The van der Waals surface area contributed by atoms with E-state index in [1.54, 1.807) is 0 Å². The van der Waals surface area contributed by atoms with Crippen molar-refractivity contribution >= 4 is 17.3 Å². The van der Waals surface area contributed by atoms with Crippen molar-refractivity contribution in [3.8, 4) is 0 Å². The van der Waals surface area contributed by atoms with Crippen LogP contribution in [0.2, 0.25) is 0 Å². The third-order valence-electron chi connectivity index (χ3n) is 1.39. The quantitative estimate of drug-likeness (QED) is 0.383.